The molecule has 1 N–H and O–H groups in total. The lowest BCUT2D eigenvalue weighted by atomic mass is 9.79. The molecule has 0 aromatic rings. The number of hydrogen-bond donors (Lipinski definition) is 1. The van der Waals surface area contributed by atoms with Gasteiger partial charge in [0, 0.05) is 13.1 Å². The maximum absolute atomic E-state index is 3.54. The summed E-state index contributed by atoms with van der Waals surface area (Å²) in [5.41, 5.74) is 0.602. The second kappa shape index (κ2) is 4.27. The second-order valence-electron chi connectivity index (χ2n) is 5.60. The van der Waals surface area contributed by atoms with Crippen LogP contribution in [0.4, 0.5) is 0 Å². The SMILES string of the molecule is CSC(C)(C)N1CCCC2(CCNC2)C1. The van der Waals surface area contributed by atoms with E-state index in [1.165, 1.54) is 45.4 Å². The fourth-order valence-electron chi connectivity index (χ4n) is 2.94. The van der Waals surface area contributed by atoms with Crippen LogP contribution in [-0.2, 0) is 0 Å². The summed E-state index contributed by atoms with van der Waals surface area (Å²) in [6.45, 7) is 9.78. The van der Waals surface area contributed by atoms with Crippen molar-refractivity contribution >= 4 is 11.8 Å². The molecule has 0 amide bonds. The Morgan fingerprint density at radius 2 is 2.13 bits per heavy atom. The van der Waals surface area contributed by atoms with Crippen LogP contribution in [0.15, 0.2) is 0 Å². The predicted molar refractivity (Wildman–Crippen MR) is 68.3 cm³/mol. The van der Waals surface area contributed by atoms with Gasteiger partial charge in [-0.15, -0.1) is 11.8 Å². The van der Waals surface area contributed by atoms with Crippen molar-refractivity contribution in [3.05, 3.63) is 0 Å². The van der Waals surface area contributed by atoms with E-state index in [9.17, 15) is 0 Å². The van der Waals surface area contributed by atoms with Gasteiger partial charge in [0.05, 0.1) is 4.87 Å². The van der Waals surface area contributed by atoms with Crippen LogP contribution in [-0.4, -0.2) is 42.2 Å². The van der Waals surface area contributed by atoms with E-state index >= 15 is 0 Å². The highest BCUT2D eigenvalue weighted by Crippen LogP contribution is 2.40. The van der Waals surface area contributed by atoms with E-state index in [1.54, 1.807) is 0 Å². The lowest BCUT2D eigenvalue weighted by Crippen LogP contribution is -2.52. The van der Waals surface area contributed by atoms with Gasteiger partial charge >= 0.3 is 0 Å². The van der Waals surface area contributed by atoms with Crippen LogP contribution in [0.5, 0.6) is 0 Å². The first-order valence-electron chi connectivity index (χ1n) is 6.09. The summed E-state index contributed by atoms with van der Waals surface area (Å²) in [6, 6.07) is 0. The predicted octanol–water partition coefficient (Wildman–Crippen LogP) is 2.16. The lowest BCUT2D eigenvalue weighted by Gasteiger charge is -2.47. The maximum atomic E-state index is 3.54. The van der Waals surface area contributed by atoms with E-state index in [2.05, 4.69) is 30.3 Å². The normalized spacial score (nSPS) is 33.8. The van der Waals surface area contributed by atoms with Gasteiger partial charge in [0.25, 0.3) is 0 Å². The Morgan fingerprint density at radius 1 is 1.33 bits per heavy atom. The summed E-state index contributed by atoms with van der Waals surface area (Å²) in [7, 11) is 0. The van der Waals surface area contributed by atoms with Gasteiger partial charge < -0.3 is 5.32 Å². The number of thioether (sulfide) groups is 1. The summed E-state index contributed by atoms with van der Waals surface area (Å²) in [5.74, 6) is 0. The number of rotatable bonds is 2. The molecule has 2 rings (SSSR count). The van der Waals surface area contributed by atoms with Crippen LogP contribution in [0.3, 0.4) is 0 Å². The van der Waals surface area contributed by atoms with Crippen LogP contribution in [0, 0.1) is 5.41 Å². The first kappa shape index (κ1) is 11.7. The van der Waals surface area contributed by atoms with Gasteiger partial charge in [0.1, 0.15) is 0 Å². The van der Waals surface area contributed by atoms with Gasteiger partial charge in [-0.3, -0.25) is 4.90 Å². The molecule has 3 heteroatoms. The maximum Gasteiger partial charge on any atom is 0.0610 e. The minimum Gasteiger partial charge on any atom is -0.316 e. The molecule has 15 heavy (non-hydrogen) atoms. The third-order valence-electron chi connectivity index (χ3n) is 4.25. The third kappa shape index (κ3) is 2.34. The molecule has 1 unspecified atom stereocenters. The molecule has 2 aliphatic rings. The van der Waals surface area contributed by atoms with Crippen molar-refractivity contribution < 1.29 is 0 Å². The number of hydrogen-bond acceptors (Lipinski definition) is 3. The molecule has 0 aromatic heterocycles. The van der Waals surface area contributed by atoms with Gasteiger partial charge in [0.15, 0.2) is 0 Å². The van der Waals surface area contributed by atoms with Crippen molar-refractivity contribution in [1.29, 1.82) is 0 Å². The fraction of sp³-hybridized carbons (Fsp3) is 1.00. The second-order valence-corrected chi connectivity index (χ2v) is 7.01. The Morgan fingerprint density at radius 3 is 2.73 bits per heavy atom. The molecular weight excluding hydrogens is 204 g/mol. The molecule has 0 radical (unpaired) electrons. The Hall–Kier alpha value is 0.270. The van der Waals surface area contributed by atoms with Gasteiger partial charge in [-0.05, 0) is 57.9 Å². The van der Waals surface area contributed by atoms with E-state index in [0.29, 0.717) is 10.3 Å². The Labute approximate surface area is 98.2 Å². The van der Waals surface area contributed by atoms with Crippen LogP contribution < -0.4 is 5.32 Å². The van der Waals surface area contributed by atoms with E-state index in [4.69, 9.17) is 0 Å². The van der Waals surface area contributed by atoms with Crippen molar-refractivity contribution in [3.8, 4) is 0 Å². The molecule has 1 atom stereocenters. The summed E-state index contributed by atoms with van der Waals surface area (Å²) >= 11 is 1.98. The van der Waals surface area contributed by atoms with Crippen LogP contribution in [0.25, 0.3) is 0 Å². The zero-order valence-corrected chi connectivity index (χ0v) is 11.1. The molecular formula is C12H24N2S. The monoisotopic (exact) mass is 228 g/mol. The Kier molecular flexibility index (Phi) is 3.34. The van der Waals surface area contributed by atoms with Crippen molar-refractivity contribution in [2.45, 2.75) is 38.0 Å². The minimum absolute atomic E-state index is 0.315. The van der Waals surface area contributed by atoms with E-state index < -0.39 is 0 Å². The average molecular weight is 228 g/mol. The molecule has 0 bridgehead atoms. The molecule has 0 saturated carbocycles. The molecule has 1 spiro atoms. The first-order valence-corrected chi connectivity index (χ1v) is 7.31. The molecule has 0 aromatic carbocycles. The average Bonchev–Trinajstić information content (AvgIpc) is 2.66. The highest BCUT2D eigenvalue weighted by Gasteiger charge is 2.41. The van der Waals surface area contributed by atoms with Crippen LogP contribution in [0.1, 0.15) is 33.1 Å². The molecule has 2 saturated heterocycles. The molecule has 88 valence electrons. The quantitative estimate of drug-likeness (QED) is 0.780. The highest BCUT2D eigenvalue weighted by molar-refractivity contribution is 7.99. The molecule has 2 aliphatic heterocycles. The van der Waals surface area contributed by atoms with E-state index in [-0.39, 0.29) is 0 Å². The standard InChI is InChI=1S/C12H24N2S/c1-11(2,15-3)14-8-4-5-12(10-14)6-7-13-9-12/h13H,4-10H2,1-3H3. The lowest BCUT2D eigenvalue weighted by molar-refractivity contribution is 0.0666. The number of likely N-dealkylation sites (tertiary alicyclic amines) is 1. The fourth-order valence-corrected chi connectivity index (χ4v) is 3.35. The van der Waals surface area contributed by atoms with E-state index in [1.807, 2.05) is 11.8 Å². The first-order chi connectivity index (χ1) is 7.08. The van der Waals surface area contributed by atoms with Crippen molar-refractivity contribution in [2.75, 3.05) is 32.4 Å². The van der Waals surface area contributed by atoms with Gasteiger partial charge in [-0.25, -0.2) is 0 Å². The number of nitrogens with zero attached hydrogens (tertiary/aromatic N) is 1. The zero-order chi connectivity index (χ0) is 10.9. The minimum atomic E-state index is 0.315. The molecule has 2 fully saturated rings. The topological polar surface area (TPSA) is 15.3 Å². The van der Waals surface area contributed by atoms with Gasteiger partial charge in [0.2, 0.25) is 0 Å². The molecule has 2 heterocycles. The smallest absolute Gasteiger partial charge is 0.0610 e. The Bertz CT molecular complexity index is 222. The van der Waals surface area contributed by atoms with Crippen molar-refractivity contribution in [2.24, 2.45) is 5.41 Å². The Balaban J connectivity index is 2.03. The van der Waals surface area contributed by atoms with Crippen LogP contribution >= 0.6 is 11.8 Å². The summed E-state index contributed by atoms with van der Waals surface area (Å²) in [4.78, 5) is 3.00. The summed E-state index contributed by atoms with van der Waals surface area (Å²) in [5, 5.41) is 3.54. The number of nitrogens with one attached hydrogen (secondary N) is 1. The largest absolute Gasteiger partial charge is 0.316 e. The van der Waals surface area contributed by atoms with E-state index in [0.717, 1.165) is 0 Å². The van der Waals surface area contributed by atoms with Crippen molar-refractivity contribution in [1.82, 2.24) is 10.2 Å². The van der Waals surface area contributed by atoms with Crippen molar-refractivity contribution in [3.63, 3.8) is 0 Å². The van der Waals surface area contributed by atoms with Gasteiger partial charge in [-0.2, -0.15) is 0 Å². The third-order valence-corrected chi connectivity index (χ3v) is 5.51. The zero-order valence-electron chi connectivity index (χ0n) is 10.3. The highest BCUT2D eigenvalue weighted by atomic mass is 32.2. The number of piperidine rings is 1. The van der Waals surface area contributed by atoms with Crippen LogP contribution in [0.2, 0.25) is 0 Å². The molecule has 2 nitrogen and oxygen atoms in total. The summed E-state index contributed by atoms with van der Waals surface area (Å²) in [6.07, 6.45) is 6.43. The molecule has 0 aliphatic carbocycles. The van der Waals surface area contributed by atoms with Gasteiger partial charge in [-0.1, -0.05) is 0 Å². The summed E-state index contributed by atoms with van der Waals surface area (Å²) < 4.78 is 0.